The van der Waals surface area contributed by atoms with Gasteiger partial charge in [0.1, 0.15) is 5.75 Å². The van der Waals surface area contributed by atoms with Crippen molar-refractivity contribution in [3.8, 4) is 5.75 Å². The first kappa shape index (κ1) is 40.0. The molecule has 0 aliphatic carbocycles. The zero-order valence-corrected chi connectivity index (χ0v) is 29.9. The highest BCUT2D eigenvalue weighted by Crippen LogP contribution is 2.33. The first-order valence-corrected chi connectivity index (χ1v) is 18.8. The van der Waals surface area contributed by atoms with Crippen LogP contribution in [0.1, 0.15) is 118 Å². The summed E-state index contributed by atoms with van der Waals surface area (Å²) in [5.74, 6) is -1.79. The van der Waals surface area contributed by atoms with Gasteiger partial charge in [-0.15, -0.1) is 0 Å². The molecule has 0 saturated carbocycles. The second kappa shape index (κ2) is 19.6. The predicted octanol–water partition coefficient (Wildman–Crippen LogP) is 9.39. The SMILES string of the molecule is CCCCCCCCCCCCCCCCS(=O)(=O)Nc1cccc(NC(=O)C(Cl)(Oc2ccc([N+](=O)[O-])cc2)C(=O)C(C)(C)C)c1. The Balaban J connectivity index is 1.87. The fourth-order valence-corrected chi connectivity index (χ4v) is 6.66. The van der Waals surface area contributed by atoms with Gasteiger partial charge in [-0.05, 0) is 36.8 Å². The number of non-ortho nitro benzene ring substituents is 1. The number of nitro benzene ring substituents is 1. The highest BCUT2D eigenvalue weighted by Gasteiger charge is 2.51. The second-order valence-corrected chi connectivity index (χ2v) is 15.5. The number of hydrogen-bond acceptors (Lipinski definition) is 7. The molecule has 262 valence electrons. The summed E-state index contributed by atoms with van der Waals surface area (Å²) in [5.41, 5.74) is -0.866. The molecule has 10 nitrogen and oxygen atoms in total. The summed E-state index contributed by atoms with van der Waals surface area (Å²) in [7, 11) is -3.62. The molecule has 2 aromatic rings. The van der Waals surface area contributed by atoms with Crippen LogP contribution in [0.3, 0.4) is 0 Å². The van der Waals surface area contributed by atoms with E-state index in [1.54, 1.807) is 32.9 Å². The number of amides is 1. The second-order valence-electron chi connectivity index (χ2n) is 13.1. The lowest BCUT2D eigenvalue weighted by Gasteiger charge is -2.31. The number of Topliss-reactive ketones (excluding diaryl/α,β-unsaturated/α-hetero) is 1. The summed E-state index contributed by atoms with van der Waals surface area (Å²) >= 11 is 6.58. The number of alkyl halides is 1. The number of anilines is 2. The number of nitrogens with one attached hydrogen (secondary N) is 2. The van der Waals surface area contributed by atoms with E-state index in [1.165, 1.54) is 101 Å². The van der Waals surface area contributed by atoms with Crippen LogP contribution in [0.25, 0.3) is 0 Å². The lowest BCUT2D eigenvalue weighted by Crippen LogP contribution is -2.54. The van der Waals surface area contributed by atoms with E-state index in [0.29, 0.717) is 6.42 Å². The number of unbranched alkanes of at least 4 members (excludes halogenated alkanes) is 13. The maximum atomic E-state index is 13.4. The molecule has 0 bridgehead atoms. The van der Waals surface area contributed by atoms with Gasteiger partial charge in [0.2, 0.25) is 15.8 Å². The van der Waals surface area contributed by atoms with Gasteiger partial charge in [-0.2, -0.15) is 0 Å². The van der Waals surface area contributed by atoms with Crippen molar-refractivity contribution in [1.82, 2.24) is 0 Å². The van der Waals surface area contributed by atoms with Gasteiger partial charge in [0.05, 0.1) is 16.4 Å². The number of ether oxygens (including phenoxy) is 1. The maximum absolute atomic E-state index is 13.4. The van der Waals surface area contributed by atoms with Crippen LogP contribution in [0, 0.1) is 15.5 Å². The van der Waals surface area contributed by atoms with Crippen molar-refractivity contribution < 1.29 is 27.7 Å². The zero-order valence-electron chi connectivity index (χ0n) is 28.3. The largest absolute Gasteiger partial charge is 0.456 e. The van der Waals surface area contributed by atoms with E-state index >= 15 is 0 Å². The maximum Gasteiger partial charge on any atom is 0.320 e. The molecule has 0 aliphatic rings. The van der Waals surface area contributed by atoms with Crippen LogP contribution in [0.4, 0.5) is 17.1 Å². The molecule has 47 heavy (non-hydrogen) atoms. The van der Waals surface area contributed by atoms with E-state index in [1.807, 2.05) is 0 Å². The molecule has 0 aromatic heterocycles. The van der Waals surface area contributed by atoms with Crippen molar-refractivity contribution in [2.24, 2.45) is 5.41 Å². The molecule has 0 heterocycles. The van der Waals surface area contributed by atoms with E-state index in [-0.39, 0.29) is 28.6 Å². The Morgan fingerprint density at radius 1 is 0.809 bits per heavy atom. The Hall–Kier alpha value is -3.18. The minimum absolute atomic E-state index is 0.0183. The summed E-state index contributed by atoms with van der Waals surface area (Å²) in [6, 6.07) is 10.9. The molecule has 0 aliphatic heterocycles. The fraction of sp³-hybridized carbons (Fsp3) is 0.600. The number of halogens is 1. The lowest BCUT2D eigenvalue weighted by atomic mass is 9.86. The molecule has 2 rings (SSSR count). The number of rotatable bonds is 23. The normalized spacial score (nSPS) is 13.0. The van der Waals surface area contributed by atoms with Crippen molar-refractivity contribution in [1.29, 1.82) is 0 Å². The Bertz CT molecular complexity index is 1390. The van der Waals surface area contributed by atoms with Crippen LogP contribution in [-0.4, -0.2) is 35.8 Å². The summed E-state index contributed by atoms with van der Waals surface area (Å²) in [5, 5.41) is 11.0. The number of sulfonamides is 1. The van der Waals surface area contributed by atoms with Crippen molar-refractivity contribution in [3.63, 3.8) is 0 Å². The minimum atomic E-state index is -3.62. The third-order valence-corrected chi connectivity index (χ3v) is 9.53. The van der Waals surface area contributed by atoms with Gasteiger partial charge in [-0.1, -0.05) is 129 Å². The molecule has 0 saturated heterocycles. The van der Waals surface area contributed by atoms with Crippen LogP contribution in [0.2, 0.25) is 0 Å². The number of benzene rings is 2. The summed E-state index contributed by atoms with van der Waals surface area (Å²) in [6.45, 7) is 6.96. The van der Waals surface area contributed by atoms with E-state index in [4.69, 9.17) is 16.3 Å². The third-order valence-electron chi connectivity index (χ3n) is 7.73. The topological polar surface area (TPSA) is 145 Å². The molecule has 1 unspecified atom stereocenters. The highest BCUT2D eigenvalue weighted by atomic mass is 35.5. The van der Waals surface area contributed by atoms with Crippen LogP contribution >= 0.6 is 11.6 Å². The summed E-state index contributed by atoms with van der Waals surface area (Å²) in [6.07, 6.45) is 16.5. The fourth-order valence-electron chi connectivity index (χ4n) is 5.07. The molecule has 0 spiro atoms. The average molecular weight is 694 g/mol. The van der Waals surface area contributed by atoms with Gasteiger partial charge < -0.3 is 10.1 Å². The van der Waals surface area contributed by atoms with Crippen LogP contribution in [0.5, 0.6) is 5.75 Å². The van der Waals surface area contributed by atoms with Gasteiger partial charge in [0.15, 0.2) is 0 Å². The zero-order chi connectivity index (χ0) is 34.9. The van der Waals surface area contributed by atoms with Crippen molar-refractivity contribution in [3.05, 3.63) is 58.6 Å². The number of ketones is 1. The molecule has 2 aromatic carbocycles. The smallest absolute Gasteiger partial charge is 0.320 e. The molecule has 1 amide bonds. The minimum Gasteiger partial charge on any atom is -0.456 e. The predicted molar refractivity (Wildman–Crippen MR) is 190 cm³/mol. The van der Waals surface area contributed by atoms with Crippen molar-refractivity contribution >= 4 is 50.4 Å². The Morgan fingerprint density at radius 3 is 1.79 bits per heavy atom. The molecule has 2 N–H and O–H groups in total. The van der Waals surface area contributed by atoms with E-state index in [0.717, 1.165) is 19.3 Å². The third kappa shape index (κ3) is 14.6. The van der Waals surface area contributed by atoms with Crippen molar-refractivity contribution in [2.75, 3.05) is 15.8 Å². The lowest BCUT2D eigenvalue weighted by molar-refractivity contribution is -0.384. The van der Waals surface area contributed by atoms with Gasteiger partial charge >= 0.3 is 5.06 Å². The van der Waals surface area contributed by atoms with E-state index in [9.17, 15) is 28.1 Å². The number of carbonyl (C=O) groups excluding carboxylic acids is 2. The highest BCUT2D eigenvalue weighted by molar-refractivity contribution is 7.92. The molecular weight excluding hydrogens is 642 g/mol. The summed E-state index contributed by atoms with van der Waals surface area (Å²) in [4.78, 5) is 37.1. The quantitative estimate of drug-likeness (QED) is 0.0388. The summed E-state index contributed by atoms with van der Waals surface area (Å²) < 4.78 is 33.7. The average Bonchev–Trinajstić information content (AvgIpc) is 3.00. The first-order valence-electron chi connectivity index (χ1n) is 16.8. The standard InChI is InChI=1S/C35H52ClN3O7S/c1-5-6-7-8-9-10-11-12-13-14-15-16-17-18-26-47(44,45)38-29-21-19-20-28(27-29)37-33(41)35(36,32(40)34(2,3)4)46-31-24-22-30(23-25-31)39(42)43/h19-25,27,38H,5-18,26H2,1-4H3,(H,37,41). The first-order chi connectivity index (χ1) is 22.2. The van der Waals surface area contributed by atoms with E-state index in [2.05, 4.69) is 17.0 Å². The van der Waals surface area contributed by atoms with Crippen LogP contribution < -0.4 is 14.8 Å². The number of nitrogens with zero attached hydrogens (tertiary/aromatic N) is 1. The Morgan fingerprint density at radius 2 is 1.30 bits per heavy atom. The Kier molecular flexibility index (Phi) is 16.7. The van der Waals surface area contributed by atoms with Gasteiger partial charge in [0.25, 0.3) is 11.6 Å². The number of carbonyl (C=O) groups is 2. The molecule has 12 heteroatoms. The molecule has 1 atom stereocenters. The Labute approximate surface area is 285 Å². The van der Waals surface area contributed by atoms with E-state index < -0.39 is 37.1 Å². The molecule has 0 fully saturated rings. The monoisotopic (exact) mass is 693 g/mol. The van der Waals surface area contributed by atoms with Crippen molar-refractivity contribution in [2.45, 2.75) is 123 Å². The number of hydrogen-bond donors (Lipinski definition) is 2. The molecular formula is C35H52ClN3O7S. The number of nitro groups is 1. The van der Waals surface area contributed by atoms with Gasteiger partial charge in [-0.3, -0.25) is 24.4 Å². The van der Waals surface area contributed by atoms with Gasteiger partial charge in [0, 0.05) is 23.2 Å². The van der Waals surface area contributed by atoms with Crippen LogP contribution in [-0.2, 0) is 19.6 Å². The van der Waals surface area contributed by atoms with Gasteiger partial charge in [-0.25, -0.2) is 8.42 Å². The molecule has 0 radical (unpaired) electrons. The van der Waals surface area contributed by atoms with Crippen LogP contribution in [0.15, 0.2) is 48.5 Å².